The van der Waals surface area contributed by atoms with E-state index in [4.69, 9.17) is 4.74 Å². The van der Waals surface area contributed by atoms with Crippen LogP contribution in [0.3, 0.4) is 0 Å². The number of benzene rings is 1. The van der Waals surface area contributed by atoms with Crippen LogP contribution in [0.15, 0.2) is 36.7 Å². The van der Waals surface area contributed by atoms with Crippen LogP contribution in [0.5, 0.6) is 5.75 Å². The van der Waals surface area contributed by atoms with Gasteiger partial charge in [-0.2, -0.15) is 0 Å². The smallest absolute Gasteiger partial charge is 0.257 e. The van der Waals surface area contributed by atoms with Gasteiger partial charge in [0.2, 0.25) is 0 Å². The number of para-hydroxylation sites is 1. The zero-order valence-corrected chi connectivity index (χ0v) is 14.7. The zero-order chi connectivity index (χ0) is 17.2. The molecule has 1 saturated heterocycles. The molecule has 5 nitrogen and oxygen atoms in total. The van der Waals surface area contributed by atoms with Gasteiger partial charge in [0.05, 0.1) is 18.2 Å². The minimum absolute atomic E-state index is 0.0777. The number of hydrogen-bond donors (Lipinski definition) is 0. The molecule has 2 aliphatic rings. The lowest BCUT2D eigenvalue weighted by molar-refractivity contribution is 0.0673. The standard InChI is InChI=1S/C20H25N3O2/c1-15-21-10-12-23(15)17-5-4-11-22(13-17)20(24)18-6-2-3-7-19(18)25-14-16-8-9-16/h2-3,6-7,10,12,16-17H,4-5,8-9,11,13-14H2,1H3. The Kier molecular flexibility index (Phi) is 4.47. The van der Waals surface area contributed by atoms with Gasteiger partial charge in [0, 0.05) is 25.5 Å². The Labute approximate surface area is 148 Å². The molecule has 1 aromatic heterocycles. The third-order valence-corrected chi connectivity index (χ3v) is 5.23. The van der Waals surface area contributed by atoms with Crippen LogP contribution in [-0.4, -0.2) is 40.1 Å². The van der Waals surface area contributed by atoms with Gasteiger partial charge in [-0.3, -0.25) is 4.79 Å². The molecular weight excluding hydrogens is 314 g/mol. The Balaban J connectivity index is 1.49. The monoisotopic (exact) mass is 339 g/mol. The summed E-state index contributed by atoms with van der Waals surface area (Å²) in [6.07, 6.45) is 8.43. The molecule has 0 spiro atoms. The lowest BCUT2D eigenvalue weighted by Crippen LogP contribution is -2.41. The molecule has 25 heavy (non-hydrogen) atoms. The highest BCUT2D eigenvalue weighted by molar-refractivity contribution is 5.97. The Morgan fingerprint density at radius 2 is 2.12 bits per heavy atom. The molecule has 0 bridgehead atoms. The van der Waals surface area contributed by atoms with Gasteiger partial charge in [-0.25, -0.2) is 4.98 Å². The molecule has 1 amide bonds. The summed E-state index contributed by atoms with van der Waals surface area (Å²) in [6, 6.07) is 7.96. The number of hydrogen-bond acceptors (Lipinski definition) is 3. The van der Waals surface area contributed by atoms with Gasteiger partial charge in [0.15, 0.2) is 0 Å². The number of piperidine rings is 1. The number of likely N-dealkylation sites (tertiary alicyclic amines) is 1. The third kappa shape index (κ3) is 3.55. The molecule has 2 fully saturated rings. The van der Waals surface area contributed by atoms with Gasteiger partial charge in [0.1, 0.15) is 11.6 Å². The topological polar surface area (TPSA) is 47.4 Å². The Bertz CT molecular complexity index is 751. The first-order valence-corrected chi connectivity index (χ1v) is 9.23. The first kappa shape index (κ1) is 16.2. The highest BCUT2D eigenvalue weighted by Gasteiger charge is 2.28. The van der Waals surface area contributed by atoms with Crippen LogP contribution in [-0.2, 0) is 0 Å². The third-order valence-electron chi connectivity index (χ3n) is 5.23. The van der Waals surface area contributed by atoms with Crippen molar-refractivity contribution in [2.24, 2.45) is 5.92 Å². The number of carbonyl (C=O) groups is 1. The molecule has 5 heteroatoms. The quantitative estimate of drug-likeness (QED) is 0.838. The van der Waals surface area contributed by atoms with E-state index in [9.17, 15) is 4.79 Å². The van der Waals surface area contributed by atoms with Crippen molar-refractivity contribution in [3.63, 3.8) is 0 Å². The second-order valence-corrected chi connectivity index (χ2v) is 7.18. The zero-order valence-electron chi connectivity index (χ0n) is 14.7. The molecule has 4 rings (SSSR count). The first-order valence-electron chi connectivity index (χ1n) is 9.23. The van der Waals surface area contributed by atoms with Gasteiger partial charge in [-0.1, -0.05) is 12.1 Å². The summed E-state index contributed by atoms with van der Waals surface area (Å²) in [5.41, 5.74) is 0.686. The molecule has 2 heterocycles. The van der Waals surface area contributed by atoms with Crippen molar-refractivity contribution in [3.05, 3.63) is 48.0 Å². The van der Waals surface area contributed by atoms with E-state index < -0.39 is 0 Å². The normalized spacial score (nSPS) is 20.5. The molecule has 1 aliphatic carbocycles. The highest BCUT2D eigenvalue weighted by Crippen LogP contribution is 2.31. The predicted molar refractivity (Wildman–Crippen MR) is 95.8 cm³/mol. The molecule has 1 aliphatic heterocycles. The summed E-state index contributed by atoms with van der Waals surface area (Å²) in [5, 5.41) is 0. The van der Waals surface area contributed by atoms with Crippen molar-refractivity contribution in [2.75, 3.05) is 19.7 Å². The number of carbonyl (C=O) groups excluding carboxylic acids is 1. The van der Waals surface area contributed by atoms with Crippen LogP contribution in [0, 0.1) is 12.8 Å². The number of amides is 1. The van der Waals surface area contributed by atoms with Crippen LogP contribution in [0.25, 0.3) is 0 Å². The van der Waals surface area contributed by atoms with Gasteiger partial charge in [-0.15, -0.1) is 0 Å². The molecular formula is C20H25N3O2. The van der Waals surface area contributed by atoms with Crippen molar-refractivity contribution in [1.82, 2.24) is 14.5 Å². The average Bonchev–Trinajstić information content (AvgIpc) is 3.39. The number of aryl methyl sites for hydroxylation is 1. The van der Waals surface area contributed by atoms with E-state index in [1.807, 2.05) is 48.5 Å². The fourth-order valence-corrected chi connectivity index (χ4v) is 3.57. The summed E-state index contributed by atoms with van der Waals surface area (Å²) in [6.45, 7) is 4.27. The molecule has 1 unspecified atom stereocenters. The van der Waals surface area contributed by atoms with Crippen molar-refractivity contribution < 1.29 is 9.53 Å². The van der Waals surface area contributed by atoms with Crippen molar-refractivity contribution in [1.29, 1.82) is 0 Å². The van der Waals surface area contributed by atoms with E-state index in [2.05, 4.69) is 9.55 Å². The number of nitrogens with zero attached hydrogens (tertiary/aromatic N) is 3. The Hall–Kier alpha value is -2.30. The number of imidazole rings is 1. The summed E-state index contributed by atoms with van der Waals surface area (Å²) in [5.74, 6) is 2.48. The number of ether oxygens (including phenoxy) is 1. The largest absolute Gasteiger partial charge is 0.492 e. The lowest BCUT2D eigenvalue weighted by atomic mass is 10.0. The van der Waals surface area contributed by atoms with Crippen LogP contribution in [0.1, 0.15) is 47.9 Å². The van der Waals surface area contributed by atoms with Crippen molar-refractivity contribution in [3.8, 4) is 5.75 Å². The summed E-state index contributed by atoms with van der Waals surface area (Å²) < 4.78 is 8.12. The van der Waals surface area contributed by atoms with E-state index in [0.717, 1.165) is 44.1 Å². The molecule has 132 valence electrons. The van der Waals surface area contributed by atoms with Crippen molar-refractivity contribution in [2.45, 2.75) is 38.6 Å². The maximum atomic E-state index is 13.1. The molecule has 1 aromatic carbocycles. The summed E-state index contributed by atoms with van der Waals surface area (Å²) >= 11 is 0. The van der Waals surface area contributed by atoms with E-state index in [1.165, 1.54) is 12.8 Å². The molecule has 0 radical (unpaired) electrons. The lowest BCUT2D eigenvalue weighted by Gasteiger charge is -2.34. The number of aromatic nitrogens is 2. The molecule has 1 saturated carbocycles. The Morgan fingerprint density at radius 1 is 1.28 bits per heavy atom. The second kappa shape index (κ2) is 6.90. The van der Waals surface area contributed by atoms with Gasteiger partial charge in [0.25, 0.3) is 5.91 Å². The minimum Gasteiger partial charge on any atom is -0.492 e. The minimum atomic E-state index is 0.0777. The SMILES string of the molecule is Cc1nccn1C1CCCN(C(=O)c2ccccc2OCC2CC2)C1. The van der Waals surface area contributed by atoms with E-state index in [0.29, 0.717) is 17.5 Å². The van der Waals surface area contributed by atoms with Crippen LogP contribution in [0.2, 0.25) is 0 Å². The van der Waals surface area contributed by atoms with E-state index in [-0.39, 0.29) is 5.91 Å². The predicted octanol–water partition coefficient (Wildman–Crippen LogP) is 3.46. The number of rotatable bonds is 5. The maximum Gasteiger partial charge on any atom is 0.257 e. The fourth-order valence-electron chi connectivity index (χ4n) is 3.57. The van der Waals surface area contributed by atoms with Gasteiger partial charge < -0.3 is 14.2 Å². The molecule has 0 N–H and O–H groups in total. The fraction of sp³-hybridized carbons (Fsp3) is 0.500. The van der Waals surface area contributed by atoms with Gasteiger partial charge >= 0.3 is 0 Å². The molecule has 1 atom stereocenters. The maximum absolute atomic E-state index is 13.1. The summed E-state index contributed by atoms with van der Waals surface area (Å²) in [7, 11) is 0. The molecule has 2 aromatic rings. The van der Waals surface area contributed by atoms with Crippen LogP contribution in [0.4, 0.5) is 0 Å². The van der Waals surface area contributed by atoms with Crippen LogP contribution < -0.4 is 4.74 Å². The average molecular weight is 339 g/mol. The Morgan fingerprint density at radius 3 is 2.88 bits per heavy atom. The van der Waals surface area contributed by atoms with E-state index >= 15 is 0 Å². The van der Waals surface area contributed by atoms with Crippen LogP contribution >= 0.6 is 0 Å². The summed E-state index contributed by atoms with van der Waals surface area (Å²) in [4.78, 5) is 19.4. The van der Waals surface area contributed by atoms with E-state index in [1.54, 1.807) is 0 Å². The van der Waals surface area contributed by atoms with Crippen molar-refractivity contribution >= 4 is 5.91 Å². The second-order valence-electron chi connectivity index (χ2n) is 7.18. The van der Waals surface area contributed by atoms with Gasteiger partial charge in [-0.05, 0) is 50.7 Å². The first-order chi connectivity index (χ1) is 12.2. The highest BCUT2D eigenvalue weighted by atomic mass is 16.5.